The van der Waals surface area contributed by atoms with Gasteiger partial charge in [-0.1, -0.05) is 18.2 Å². The van der Waals surface area contributed by atoms with E-state index in [2.05, 4.69) is 5.32 Å². The molecule has 1 fully saturated rings. The van der Waals surface area contributed by atoms with Crippen LogP contribution in [-0.4, -0.2) is 34.2 Å². The van der Waals surface area contributed by atoms with Crippen molar-refractivity contribution in [2.24, 2.45) is 14.1 Å². The Hall–Kier alpha value is -3.34. The van der Waals surface area contributed by atoms with Crippen LogP contribution in [0.15, 0.2) is 39.9 Å². The topological polar surface area (TPSA) is 100 Å². The van der Waals surface area contributed by atoms with Gasteiger partial charge in [-0.15, -0.1) is 0 Å². The smallest absolute Gasteiger partial charge is 0.332 e. The van der Waals surface area contributed by atoms with Crippen LogP contribution >= 0.6 is 0 Å². The fourth-order valence-electron chi connectivity index (χ4n) is 3.66. The third kappa shape index (κ3) is 3.56. The maximum atomic E-state index is 12.4. The summed E-state index contributed by atoms with van der Waals surface area (Å²) in [5.41, 5.74) is -0.552. The zero-order chi connectivity index (χ0) is 20.3. The minimum Gasteiger partial charge on any atom is -0.352 e. The molecule has 2 aromatic rings. The van der Waals surface area contributed by atoms with E-state index in [9.17, 15) is 19.6 Å². The minimum absolute atomic E-state index is 0.0501. The van der Waals surface area contributed by atoms with E-state index in [4.69, 9.17) is 0 Å². The van der Waals surface area contributed by atoms with Gasteiger partial charge in [0.2, 0.25) is 0 Å². The Morgan fingerprint density at radius 1 is 1.18 bits per heavy atom. The second-order valence-electron chi connectivity index (χ2n) is 6.94. The lowest BCUT2D eigenvalue weighted by atomic mass is 10.0. The summed E-state index contributed by atoms with van der Waals surface area (Å²) >= 11 is 0. The van der Waals surface area contributed by atoms with E-state index < -0.39 is 11.2 Å². The highest BCUT2D eigenvalue weighted by molar-refractivity contribution is 5.94. The van der Waals surface area contributed by atoms with Gasteiger partial charge in [0.1, 0.15) is 11.9 Å². The first-order chi connectivity index (χ1) is 13.5. The van der Waals surface area contributed by atoms with E-state index >= 15 is 0 Å². The van der Waals surface area contributed by atoms with Crippen LogP contribution in [0.1, 0.15) is 35.2 Å². The summed E-state index contributed by atoms with van der Waals surface area (Å²) in [7, 11) is 2.93. The second kappa shape index (κ2) is 8.13. The Morgan fingerprint density at radius 2 is 1.89 bits per heavy atom. The molecule has 8 nitrogen and oxygen atoms in total. The fraction of sp³-hybridized carbons (Fsp3) is 0.400. The number of hydrogen-bond acceptors (Lipinski definition) is 5. The number of aromatic nitrogens is 2. The molecule has 0 radical (unpaired) electrons. The molecule has 8 heteroatoms. The van der Waals surface area contributed by atoms with E-state index in [-0.39, 0.29) is 17.5 Å². The summed E-state index contributed by atoms with van der Waals surface area (Å²) in [4.78, 5) is 39.1. The van der Waals surface area contributed by atoms with Gasteiger partial charge in [0, 0.05) is 38.8 Å². The van der Waals surface area contributed by atoms with Crippen molar-refractivity contribution < 1.29 is 4.79 Å². The monoisotopic (exact) mass is 381 g/mol. The number of piperidine rings is 1. The Labute approximate surface area is 162 Å². The number of nitrogens with one attached hydrogen (secondary N) is 1. The summed E-state index contributed by atoms with van der Waals surface area (Å²) in [6.07, 6.45) is 2.66. The molecule has 1 aromatic heterocycles. The minimum atomic E-state index is -0.599. The van der Waals surface area contributed by atoms with Gasteiger partial charge in [-0.25, -0.2) is 4.79 Å². The third-order valence-corrected chi connectivity index (χ3v) is 5.18. The Morgan fingerprint density at radius 3 is 2.57 bits per heavy atom. The summed E-state index contributed by atoms with van der Waals surface area (Å²) in [5.74, 6) is 0.152. The van der Waals surface area contributed by atoms with Crippen LogP contribution in [0.5, 0.6) is 0 Å². The van der Waals surface area contributed by atoms with Crippen LogP contribution < -0.4 is 21.5 Å². The van der Waals surface area contributed by atoms with Crippen molar-refractivity contribution in [3.63, 3.8) is 0 Å². The maximum absolute atomic E-state index is 12.4. The van der Waals surface area contributed by atoms with Crippen molar-refractivity contribution in [2.45, 2.75) is 25.3 Å². The van der Waals surface area contributed by atoms with Crippen LogP contribution in [0.4, 0.5) is 5.82 Å². The molecule has 0 aliphatic carbocycles. The quantitative estimate of drug-likeness (QED) is 0.842. The molecule has 1 unspecified atom stereocenters. The van der Waals surface area contributed by atoms with Crippen LogP contribution in [0, 0.1) is 11.3 Å². The molecule has 3 rings (SSSR count). The van der Waals surface area contributed by atoms with E-state index in [0.717, 1.165) is 23.8 Å². The third-order valence-electron chi connectivity index (χ3n) is 5.18. The molecular weight excluding hydrogens is 358 g/mol. The van der Waals surface area contributed by atoms with E-state index in [1.54, 1.807) is 31.3 Å². The molecular formula is C20H23N5O3. The lowest BCUT2D eigenvalue weighted by Gasteiger charge is -2.38. The number of carbonyl (C=O) groups excluding carboxylic acids is 1. The van der Waals surface area contributed by atoms with E-state index in [0.29, 0.717) is 24.5 Å². The number of amides is 1. The first-order valence-electron chi connectivity index (χ1n) is 9.25. The van der Waals surface area contributed by atoms with Crippen LogP contribution in [0.2, 0.25) is 0 Å². The molecule has 0 saturated carbocycles. The van der Waals surface area contributed by atoms with Crippen molar-refractivity contribution in [1.82, 2.24) is 14.5 Å². The molecule has 1 aliphatic rings. The van der Waals surface area contributed by atoms with Gasteiger partial charge in [0.25, 0.3) is 11.5 Å². The molecule has 1 saturated heterocycles. The molecule has 2 heterocycles. The molecule has 1 amide bonds. The first kappa shape index (κ1) is 19.4. The SMILES string of the molecule is Cn1c(N2CCCCC2CNC(=O)c2ccccc2)c(C#N)c(=O)n(C)c1=O. The van der Waals surface area contributed by atoms with Crippen LogP contribution in [-0.2, 0) is 14.1 Å². The molecule has 1 aromatic carbocycles. The normalized spacial score (nSPS) is 16.5. The van der Waals surface area contributed by atoms with Crippen molar-refractivity contribution in [1.29, 1.82) is 5.26 Å². The van der Waals surface area contributed by atoms with Crippen molar-refractivity contribution >= 4 is 11.7 Å². The highest BCUT2D eigenvalue weighted by Gasteiger charge is 2.29. The molecule has 28 heavy (non-hydrogen) atoms. The lowest BCUT2D eigenvalue weighted by Crippen LogP contribution is -2.51. The predicted molar refractivity (Wildman–Crippen MR) is 105 cm³/mol. The average molecular weight is 381 g/mol. The van der Waals surface area contributed by atoms with Gasteiger partial charge < -0.3 is 10.2 Å². The second-order valence-corrected chi connectivity index (χ2v) is 6.94. The number of rotatable bonds is 4. The number of hydrogen-bond donors (Lipinski definition) is 1. The lowest BCUT2D eigenvalue weighted by molar-refractivity contribution is 0.0949. The molecule has 1 N–H and O–H groups in total. The predicted octanol–water partition coefficient (Wildman–Crippen LogP) is 0.745. The van der Waals surface area contributed by atoms with Crippen molar-refractivity contribution in [3.05, 3.63) is 62.3 Å². The summed E-state index contributed by atoms with van der Waals surface area (Å²) in [6, 6.07) is 10.8. The largest absolute Gasteiger partial charge is 0.352 e. The van der Waals surface area contributed by atoms with Gasteiger partial charge in [0.15, 0.2) is 5.56 Å². The summed E-state index contributed by atoms with van der Waals surface area (Å²) in [6.45, 7) is 0.975. The standard InChI is InChI=1S/C20H23N5O3/c1-23-18(16(12-21)19(27)24(2)20(23)28)25-11-7-6-10-15(25)13-22-17(26)14-8-4-3-5-9-14/h3-5,8-9,15H,6-7,10-11,13H2,1-2H3,(H,22,26). The van der Waals surface area contributed by atoms with Crippen molar-refractivity contribution in [2.75, 3.05) is 18.0 Å². The van der Waals surface area contributed by atoms with Crippen molar-refractivity contribution in [3.8, 4) is 6.07 Å². The van der Waals surface area contributed by atoms with Crippen LogP contribution in [0.3, 0.4) is 0 Å². The van der Waals surface area contributed by atoms with Gasteiger partial charge in [0.05, 0.1) is 0 Å². The zero-order valence-electron chi connectivity index (χ0n) is 16.0. The number of anilines is 1. The Bertz CT molecular complexity index is 1030. The molecule has 0 spiro atoms. The van der Waals surface area contributed by atoms with Gasteiger partial charge in [-0.2, -0.15) is 5.26 Å². The van der Waals surface area contributed by atoms with E-state index in [1.165, 1.54) is 11.6 Å². The molecule has 0 bridgehead atoms. The summed E-state index contributed by atoms with van der Waals surface area (Å²) in [5, 5.41) is 12.5. The average Bonchev–Trinajstić information content (AvgIpc) is 2.74. The van der Waals surface area contributed by atoms with E-state index in [1.807, 2.05) is 17.0 Å². The number of benzene rings is 1. The Kier molecular flexibility index (Phi) is 5.64. The van der Waals surface area contributed by atoms with Gasteiger partial charge >= 0.3 is 5.69 Å². The zero-order valence-corrected chi connectivity index (χ0v) is 16.0. The van der Waals surface area contributed by atoms with Gasteiger partial charge in [-0.05, 0) is 31.4 Å². The highest BCUT2D eigenvalue weighted by atomic mass is 16.2. The van der Waals surface area contributed by atoms with Crippen LogP contribution in [0.25, 0.3) is 0 Å². The first-order valence-corrected chi connectivity index (χ1v) is 9.25. The fourth-order valence-corrected chi connectivity index (χ4v) is 3.66. The van der Waals surface area contributed by atoms with Gasteiger partial charge in [-0.3, -0.25) is 18.7 Å². The highest BCUT2D eigenvalue weighted by Crippen LogP contribution is 2.25. The maximum Gasteiger partial charge on any atom is 0.332 e. The number of carbonyl (C=O) groups is 1. The molecule has 146 valence electrons. The summed E-state index contributed by atoms with van der Waals surface area (Å²) < 4.78 is 2.29. The number of nitrogens with zero attached hydrogens (tertiary/aromatic N) is 4. The molecule has 1 aliphatic heterocycles. The number of nitriles is 1. The Balaban J connectivity index is 1.91. The molecule has 1 atom stereocenters.